The largest absolute Gasteiger partial charge is 0.459 e. The molecule has 0 fully saturated rings. The maximum absolute atomic E-state index is 12.8. The second kappa shape index (κ2) is 4.83. The first-order chi connectivity index (χ1) is 6.84. The average molecular weight is 290 g/mol. The molecule has 0 saturated carbocycles. The number of rotatable bonds is 3. The summed E-state index contributed by atoms with van der Waals surface area (Å²) in [6.07, 6.45) is 0. The monoisotopic (exact) mass is 290 g/mol. The number of hydrogen-bond donors (Lipinski definition) is 0. The second-order valence-corrected chi connectivity index (χ2v) is 8.54. The maximum Gasteiger partial charge on any atom is 0.459 e. The minimum absolute atomic E-state index is 0.575. The number of hydrogen-bond acceptors (Lipinski definition) is 3. The maximum atomic E-state index is 12.8. The van der Waals surface area contributed by atoms with E-state index in [1.165, 1.54) is 0 Å². The summed E-state index contributed by atoms with van der Waals surface area (Å²) in [5, 5.41) is 0. The molecule has 0 rings (SSSR count). The van der Waals surface area contributed by atoms with Crippen LogP contribution in [-0.2, 0) is 0 Å². The highest BCUT2D eigenvalue weighted by molar-refractivity contribution is 8.92. The van der Waals surface area contributed by atoms with Crippen molar-refractivity contribution in [3.63, 3.8) is 0 Å². The first kappa shape index (κ1) is 16.2. The highest BCUT2D eigenvalue weighted by Gasteiger charge is 2.60. The van der Waals surface area contributed by atoms with Gasteiger partial charge in [0.05, 0.1) is 0 Å². The molecule has 0 heterocycles. The lowest BCUT2D eigenvalue weighted by Gasteiger charge is -2.49. The Labute approximate surface area is 94.9 Å². The highest BCUT2D eigenvalue weighted by Crippen LogP contribution is 2.76. The van der Waals surface area contributed by atoms with Gasteiger partial charge in [0.15, 0.2) is 0 Å². The van der Waals surface area contributed by atoms with Crippen LogP contribution in [0.3, 0.4) is 0 Å². The van der Waals surface area contributed by atoms with E-state index >= 15 is 0 Å². The lowest BCUT2D eigenvalue weighted by atomic mass is 11.3. The predicted octanol–water partition coefficient (Wildman–Crippen LogP) is 3.43. The van der Waals surface area contributed by atoms with E-state index in [0.717, 1.165) is 28.2 Å². The molecule has 0 aliphatic heterocycles. The molecule has 0 aliphatic rings. The van der Waals surface area contributed by atoms with Crippen LogP contribution < -0.4 is 0 Å². The molecule has 0 aromatic carbocycles. The Morgan fingerprint density at radius 1 is 0.812 bits per heavy atom. The van der Waals surface area contributed by atoms with Crippen LogP contribution in [0.5, 0.6) is 0 Å². The molecular weight excluding hydrogens is 278 g/mol. The van der Waals surface area contributed by atoms with Crippen molar-refractivity contribution in [2.24, 2.45) is 0 Å². The fraction of sp³-hybridized carbons (Fsp3) is 1.00. The van der Waals surface area contributed by atoms with Gasteiger partial charge in [0.25, 0.3) is 0 Å². The first-order valence-corrected chi connectivity index (χ1v) is 6.74. The highest BCUT2D eigenvalue weighted by atomic mass is 33.2. The molecule has 16 heavy (non-hydrogen) atoms. The molecule has 100 valence electrons. The van der Waals surface area contributed by atoms with E-state index in [9.17, 15) is 26.3 Å². The van der Waals surface area contributed by atoms with Crippen LogP contribution in [0.4, 0.5) is 26.3 Å². The van der Waals surface area contributed by atoms with Crippen LogP contribution in [0.15, 0.2) is 0 Å². The van der Waals surface area contributed by atoms with Crippen molar-refractivity contribution in [3.05, 3.63) is 0 Å². The Bertz CT molecular complexity index is 228. The van der Waals surface area contributed by atoms with Gasteiger partial charge in [0.1, 0.15) is 0 Å². The topological polar surface area (TPSA) is 6.48 Å². The summed E-state index contributed by atoms with van der Waals surface area (Å²) in [5.74, 6) is 0. The van der Waals surface area contributed by atoms with Crippen molar-refractivity contribution in [1.29, 1.82) is 0 Å². The van der Waals surface area contributed by atoms with Crippen LogP contribution in [0.2, 0.25) is 0 Å². The normalized spacial score (nSPS) is 16.0. The van der Waals surface area contributed by atoms with Crippen molar-refractivity contribution in [2.75, 3.05) is 28.2 Å². The van der Waals surface area contributed by atoms with Gasteiger partial charge in [-0.05, 0) is 28.2 Å². The van der Waals surface area contributed by atoms with E-state index in [2.05, 4.69) is 0 Å². The smallest absolute Gasteiger partial charge is 0.247 e. The summed E-state index contributed by atoms with van der Waals surface area (Å²) in [6, 6.07) is 0. The zero-order valence-electron chi connectivity index (χ0n) is 8.98. The van der Waals surface area contributed by atoms with Gasteiger partial charge >= 0.3 is 11.0 Å². The van der Waals surface area contributed by atoms with Crippen LogP contribution in [0, 0.1) is 0 Å². The summed E-state index contributed by atoms with van der Waals surface area (Å²) in [4.78, 5) is 0. The predicted molar refractivity (Wildman–Crippen MR) is 54.7 cm³/mol. The molecule has 0 N–H and O–H groups in total. The third kappa shape index (κ3) is 3.34. The molecular formula is C6H12F6N2S2. The summed E-state index contributed by atoms with van der Waals surface area (Å²) < 4.78 is 76.4. The number of alkyl halides is 6. The van der Waals surface area contributed by atoms with E-state index in [1.54, 1.807) is 0 Å². The van der Waals surface area contributed by atoms with E-state index in [0.29, 0.717) is 8.61 Å². The Morgan fingerprint density at radius 2 is 1.12 bits per heavy atom. The molecule has 0 spiro atoms. The Kier molecular flexibility index (Phi) is 4.89. The molecule has 0 unspecified atom stereocenters. The second-order valence-electron chi connectivity index (χ2n) is 3.10. The van der Waals surface area contributed by atoms with Gasteiger partial charge in [-0.3, -0.25) is 0 Å². The van der Waals surface area contributed by atoms with Gasteiger partial charge in [-0.25, -0.2) is 8.61 Å². The quantitative estimate of drug-likeness (QED) is 0.581. The minimum atomic E-state index is -4.96. The zero-order valence-corrected chi connectivity index (χ0v) is 10.6. The summed E-state index contributed by atoms with van der Waals surface area (Å²) in [6.45, 7) is 0. The van der Waals surface area contributed by atoms with Gasteiger partial charge in [-0.15, -0.1) is 0 Å². The fourth-order valence-corrected chi connectivity index (χ4v) is 5.17. The van der Waals surface area contributed by atoms with E-state index < -0.39 is 31.2 Å². The van der Waals surface area contributed by atoms with E-state index in [-0.39, 0.29) is 0 Å². The molecule has 0 amide bonds. The molecule has 2 nitrogen and oxygen atoms in total. The molecule has 0 aromatic heterocycles. The standard InChI is InChI=1S/C6H12F6N2S2/c1-13(2)16(14(3)4,6(10,11)12)15-5(7,8)9/h1-4H3. The van der Waals surface area contributed by atoms with Gasteiger partial charge < -0.3 is 0 Å². The fourth-order valence-electron chi connectivity index (χ4n) is 1.07. The van der Waals surface area contributed by atoms with Gasteiger partial charge in [-0.1, -0.05) is 0 Å². The van der Waals surface area contributed by atoms with Crippen molar-refractivity contribution in [1.82, 2.24) is 8.61 Å². The first-order valence-electron chi connectivity index (χ1n) is 3.86. The summed E-state index contributed by atoms with van der Waals surface area (Å²) in [5.41, 5.74) is -9.90. The SMILES string of the molecule is CN(C)S(SC(F)(F)F)(N(C)C)C(F)(F)F. The molecule has 0 radical (unpaired) electrons. The van der Waals surface area contributed by atoms with Crippen LogP contribution in [-0.4, -0.2) is 47.8 Å². The Morgan fingerprint density at radius 3 is 1.19 bits per heavy atom. The molecule has 0 atom stereocenters. The summed E-state index contributed by atoms with van der Waals surface area (Å²) in [7, 11) is -1.21. The van der Waals surface area contributed by atoms with Crippen molar-refractivity contribution < 1.29 is 26.3 Å². The van der Waals surface area contributed by atoms with Crippen molar-refractivity contribution >= 4 is 20.2 Å². The number of nitrogens with zero attached hydrogens (tertiary/aromatic N) is 2. The van der Waals surface area contributed by atoms with Gasteiger partial charge in [0, 0.05) is 20.2 Å². The molecule has 0 aliphatic carbocycles. The lowest BCUT2D eigenvalue weighted by Crippen LogP contribution is -2.40. The average Bonchev–Trinajstić information content (AvgIpc) is 1.94. The zero-order chi connectivity index (χ0) is 13.4. The van der Waals surface area contributed by atoms with Crippen LogP contribution in [0.25, 0.3) is 0 Å². The molecule has 0 saturated heterocycles. The molecule has 0 aromatic rings. The van der Waals surface area contributed by atoms with E-state index in [1.807, 2.05) is 0 Å². The van der Waals surface area contributed by atoms with Gasteiger partial charge in [-0.2, -0.15) is 26.3 Å². The van der Waals surface area contributed by atoms with Crippen LogP contribution in [0.1, 0.15) is 0 Å². The number of halogens is 6. The third-order valence-corrected chi connectivity index (χ3v) is 8.13. The molecule has 10 heteroatoms. The van der Waals surface area contributed by atoms with Gasteiger partial charge in [0.2, 0.25) is 0 Å². The Hall–Kier alpha value is 0.200. The van der Waals surface area contributed by atoms with Crippen molar-refractivity contribution in [3.8, 4) is 0 Å². The molecule has 0 bridgehead atoms. The Balaban J connectivity index is 5.47. The third-order valence-electron chi connectivity index (χ3n) is 1.50. The summed E-state index contributed by atoms with van der Waals surface area (Å²) >= 11 is 0. The van der Waals surface area contributed by atoms with E-state index in [4.69, 9.17) is 0 Å². The van der Waals surface area contributed by atoms with Crippen molar-refractivity contribution in [2.45, 2.75) is 11.0 Å². The van der Waals surface area contributed by atoms with Crippen LogP contribution >= 0.6 is 20.2 Å². The minimum Gasteiger partial charge on any atom is -0.247 e. The lowest BCUT2D eigenvalue weighted by molar-refractivity contribution is -0.0468.